The SMILES string of the molecule is Cc1ccc2c(c1)-n1cccc1C2. The van der Waals surface area contributed by atoms with E-state index in [1.165, 1.54) is 22.5 Å². The van der Waals surface area contributed by atoms with Crippen molar-refractivity contribution in [2.24, 2.45) is 0 Å². The summed E-state index contributed by atoms with van der Waals surface area (Å²) < 4.78 is 2.28. The van der Waals surface area contributed by atoms with E-state index >= 15 is 0 Å². The van der Waals surface area contributed by atoms with E-state index in [1.807, 2.05) is 0 Å². The lowest BCUT2D eigenvalue weighted by Gasteiger charge is -2.02. The van der Waals surface area contributed by atoms with Gasteiger partial charge in [0.15, 0.2) is 0 Å². The number of benzene rings is 1. The van der Waals surface area contributed by atoms with Gasteiger partial charge in [0.1, 0.15) is 0 Å². The Morgan fingerprint density at radius 2 is 2.15 bits per heavy atom. The lowest BCUT2D eigenvalue weighted by atomic mass is 10.1. The first-order chi connectivity index (χ1) is 6.34. The van der Waals surface area contributed by atoms with Crippen LogP contribution in [0.25, 0.3) is 5.69 Å². The molecular weight excluding hydrogens is 158 g/mol. The van der Waals surface area contributed by atoms with Crippen molar-refractivity contribution in [1.29, 1.82) is 0 Å². The molecule has 0 N–H and O–H groups in total. The van der Waals surface area contributed by atoms with Crippen molar-refractivity contribution < 1.29 is 0 Å². The van der Waals surface area contributed by atoms with Crippen LogP contribution in [-0.4, -0.2) is 4.57 Å². The third-order valence-corrected chi connectivity index (χ3v) is 2.71. The van der Waals surface area contributed by atoms with Gasteiger partial charge in [0.05, 0.1) is 0 Å². The van der Waals surface area contributed by atoms with Gasteiger partial charge in [0.25, 0.3) is 0 Å². The second-order valence-electron chi connectivity index (χ2n) is 3.68. The van der Waals surface area contributed by atoms with Gasteiger partial charge in [-0.25, -0.2) is 0 Å². The van der Waals surface area contributed by atoms with Gasteiger partial charge in [0, 0.05) is 24.0 Å². The maximum atomic E-state index is 2.28. The monoisotopic (exact) mass is 169 g/mol. The zero-order chi connectivity index (χ0) is 8.84. The molecule has 1 aliphatic rings. The van der Waals surface area contributed by atoms with E-state index in [9.17, 15) is 0 Å². The van der Waals surface area contributed by atoms with E-state index in [1.54, 1.807) is 0 Å². The van der Waals surface area contributed by atoms with Crippen LogP contribution in [0.5, 0.6) is 0 Å². The maximum Gasteiger partial charge on any atom is 0.0490 e. The fraction of sp³-hybridized carbons (Fsp3) is 0.167. The van der Waals surface area contributed by atoms with E-state index in [0.717, 1.165) is 6.42 Å². The largest absolute Gasteiger partial charge is 0.320 e. The Morgan fingerprint density at radius 1 is 1.23 bits per heavy atom. The van der Waals surface area contributed by atoms with Gasteiger partial charge < -0.3 is 4.57 Å². The molecule has 2 heterocycles. The molecule has 0 unspecified atom stereocenters. The van der Waals surface area contributed by atoms with Crippen molar-refractivity contribution in [3.63, 3.8) is 0 Å². The van der Waals surface area contributed by atoms with Gasteiger partial charge in [0.2, 0.25) is 0 Å². The average molecular weight is 169 g/mol. The summed E-state index contributed by atoms with van der Waals surface area (Å²) in [4.78, 5) is 0. The minimum Gasteiger partial charge on any atom is -0.320 e. The Hall–Kier alpha value is -1.50. The van der Waals surface area contributed by atoms with Crippen LogP contribution < -0.4 is 0 Å². The first kappa shape index (κ1) is 6.96. The Morgan fingerprint density at radius 3 is 3.08 bits per heavy atom. The summed E-state index contributed by atoms with van der Waals surface area (Å²) in [6.07, 6.45) is 3.23. The molecule has 0 aliphatic carbocycles. The summed E-state index contributed by atoms with van der Waals surface area (Å²) in [5, 5.41) is 0. The van der Waals surface area contributed by atoms with E-state index in [-0.39, 0.29) is 0 Å². The Bertz CT molecular complexity index is 466. The molecule has 0 fully saturated rings. The molecule has 1 aromatic heterocycles. The van der Waals surface area contributed by atoms with Gasteiger partial charge in [-0.15, -0.1) is 0 Å². The summed E-state index contributed by atoms with van der Waals surface area (Å²) in [7, 11) is 0. The molecule has 0 bridgehead atoms. The first-order valence-electron chi connectivity index (χ1n) is 4.61. The summed E-state index contributed by atoms with van der Waals surface area (Å²) in [6.45, 7) is 2.14. The molecule has 13 heavy (non-hydrogen) atoms. The molecule has 0 saturated carbocycles. The maximum absolute atomic E-state index is 2.28. The third-order valence-electron chi connectivity index (χ3n) is 2.71. The second-order valence-corrected chi connectivity index (χ2v) is 3.68. The van der Waals surface area contributed by atoms with Crippen LogP contribution in [0, 0.1) is 6.92 Å². The highest BCUT2D eigenvalue weighted by Crippen LogP contribution is 2.28. The van der Waals surface area contributed by atoms with Gasteiger partial charge in [-0.1, -0.05) is 12.1 Å². The summed E-state index contributed by atoms with van der Waals surface area (Å²) >= 11 is 0. The number of rotatable bonds is 0. The Labute approximate surface area is 77.6 Å². The van der Waals surface area contributed by atoms with Crippen molar-refractivity contribution in [3.8, 4) is 5.69 Å². The second kappa shape index (κ2) is 2.25. The van der Waals surface area contributed by atoms with Crippen LogP contribution in [0.2, 0.25) is 0 Å². The normalized spacial score (nSPS) is 12.7. The van der Waals surface area contributed by atoms with Crippen molar-refractivity contribution in [2.75, 3.05) is 0 Å². The fourth-order valence-corrected chi connectivity index (χ4v) is 2.04. The van der Waals surface area contributed by atoms with E-state index < -0.39 is 0 Å². The van der Waals surface area contributed by atoms with E-state index in [4.69, 9.17) is 0 Å². The number of hydrogen-bond donors (Lipinski definition) is 0. The quantitative estimate of drug-likeness (QED) is 0.487. The molecule has 64 valence electrons. The molecule has 0 atom stereocenters. The van der Waals surface area contributed by atoms with E-state index in [0.29, 0.717) is 0 Å². The Balaban J connectivity index is 2.31. The molecule has 1 nitrogen and oxygen atoms in total. The van der Waals surface area contributed by atoms with Crippen molar-refractivity contribution >= 4 is 0 Å². The number of aromatic nitrogens is 1. The van der Waals surface area contributed by atoms with Crippen molar-refractivity contribution in [1.82, 2.24) is 4.57 Å². The van der Waals surface area contributed by atoms with Crippen LogP contribution >= 0.6 is 0 Å². The first-order valence-corrected chi connectivity index (χ1v) is 4.61. The summed E-state index contributed by atoms with van der Waals surface area (Å²) in [5.74, 6) is 0. The molecule has 1 heteroatoms. The molecule has 0 amide bonds. The van der Waals surface area contributed by atoms with Crippen LogP contribution in [0.1, 0.15) is 16.8 Å². The topological polar surface area (TPSA) is 4.93 Å². The molecule has 0 saturated heterocycles. The summed E-state index contributed by atoms with van der Waals surface area (Å²) in [5.41, 5.74) is 5.54. The van der Waals surface area contributed by atoms with Crippen molar-refractivity contribution in [3.05, 3.63) is 53.3 Å². The van der Waals surface area contributed by atoms with E-state index in [2.05, 4.69) is 48.0 Å². The number of aryl methyl sites for hydroxylation is 1. The lowest BCUT2D eigenvalue weighted by molar-refractivity contribution is 1.05. The molecular formula is C12H11N. The van der Waals surface area contributed by atoms with Crippen LogP contribution in [0.4, 0.5) is 0 Å². The molecule has 1 aliphatic heterocycles. The lowest BCUT2D eigenvalue weighted by Crippen LogP contribution is -1.89. The highest BCUT2D eigenvalue weighted by Gasteiger charge is 2.16. The predicted molar refractivity (Wildman–Crippen MR) is 53.3 cm³/mol. The molecule has 0 radical (unpaired) electrons. The minimum absolute atomic E-state index is 1.09. The Kier molecular flexibility index (Phi) is 1.21. The number of fused-ring (bicyclic) bond motifs is 3. The molecule has 3 rings (SSSR count). The van der Waals surface area contributed by atoms with Gasteiger partial charge in [-0.3, -0.25) is 0 Å². The number of nitrogens with zero attached hydrogens (tertiary/aromatic N) is 1. The van der Waals surface area contributed by atoms with Gasteiger partial charge >= 0.3 is 0 Å². The molecule has 1 aromatic carbocycles. The standard InChI is InChI=1S/C12H11N/c1-9-4-5-10-8-11-3-2-6-13(11)12(10)7-9/h2-7H,8H2,1H3. The average Bonchev–Trinajstić information content (AvgIpc) is 2.64. The van der Waals surface area contributed by atoms with Gasteiger partial charge in [-0.05, 0) is 36.2 Å². The predicted octanol–water partition coefficient (Wildman–Crippen LogP) is 2.69. The molecule has 2 aromatic rings. The molecule has 0 spiro atoms. The van der Waals surface area contributed by atoms with Crippen LogP contribution in [0.3, 0.4) is 0 Å². The zero-order valence-electron chi connectivity index (χ0n) is 7.62. The third kappa shape index (κ3) is 0.872. The minimum atomic E-state index is 1.09. The van der Waals surface area contributed by atoms with Crippen LogP contribution in [-0.2, 0) is 6.42 Å². The van der Waals surface area contributed by atoms with Gasteiger partial charge in [-0.2, -0.15) is 0 Å². The summed E-state index contributed by atoms with van der Waals surface area (Å²) in [6, 6.07) is 11.0. The fourth-order valence-electron chi connectivity index (χ4n) is 2.04. The highest BCUT2D eigenvalue weighted by atomic mass is 15.0. The highest BCUT2D eigenvalue weighted by molar-refractivity contribution is 5.51. The smallest absolute Gasteiger partial charge is 0.0490 e. The van der Waals surface area contributed by atoms with Crippen molar-refractivity contribution in [2.45, 2.75) is 13.3 Å². The zero-order valence-corrected chi connectivity index (χ0v) is 7.62. The van der Waals surface area contributed by atoms with Crippen LogP contribution in [0.15, 0.2) is 36.5 Å². The number of hydrogen-bond acceptors (Lipinski definition) is 0.